The summed E-state index contributed by atoms with van der Waals surface area (Å²) in [6.45, 7) is 4.18. The van der Waals surface area contributed by atoms with Gasteiger partial charge in [-0.25, -0.2) is 4.98 Å². The lowest BCUT2D eigenvalue weighted by Crippen LogP contribution is -2.35. The van der Waals surface area contributed by atoms with Crippen molar-refractivity contribution in [3.05, 3.63) is 32.8 Å². The normalized spacial score (nSPS) is 16.7. The van der Waals surface area contributed by atoms with Crippen molar-refractivity contribution in [3.8, 4) is 5.75 Å². The number of phenols is 1. The predicted octanol–water partition coefficient (Wildman–Crippen LogP) is 3.30. The van der Waals surface area contributed by atoms with Gasteiger partial charge >= 0.3 is 0 Å². The van der Waals surface area contributed by atoms with Gasteiger partial charge in [-0.2, -0.15) is 0 Å². The molecular weight excluding hydrogens is 388 g/mol. The monoisotopic (exact) mass is 400 g/mol. The fraction of sp³-hybridized carbons (Fsp3) is 0.357. The van der Waals surface area contributed by atoms with Gasteiger partial charge in [0.2, 0.25) is 0 Å². The van der Waals surface area contributed by atoms with Crippen LogP contribution in [0.25, 0.3) is 10.9 Å². The molecule has 0 radical (unpaired) electrons. The number of aromatic hydroxyl groups is 1. The minimum Gasteiger partial charge on any atom is -0.505 e. The zero-order chi connectivity index (χ0) is 14.1. The smallest absolute Gasteiger partial charge is 0.156 e. The van der Waals surface area contributed by atoms with Crippen molar-refractivity contribution >= 4 is 42.8 Å². The number of aromatic nitrogens is 1. The Bertz CT molecular complexity index is 643. The third-order valence-electron chi connectivity index (χ3n) is 3.40. The highest BCUT2D eigenvalue weighted by Crippen LogP contribution is 2.36. The maximum atomic E-state index is 10.1. The van der Waals surface area contributed by atoms with Crippen LogP contribution in [-0.4, -0.2) is 41.3 Å². The molecule has 1 saturated heterocycles. The van der Waals surface area contributed by atoms with Crippen molar-refractivity contribution in [3.63, 3.8) is 0 Å². The quantitative estimate of drug-likeness (QED) is 0.838. The summed E-state index contributed by atoms with van der Waals surface area (Å²) >= 11 is 6.84. The van der Waals surface area contributed by atoms with Crippen molar-refractivity contribution in [2.75, 3.05) is 26.3 Å². The predicted molar refractivity (Wildman–Crippen MR) is 84.9 cm³/mol. The number of hydrogen-bond acceptors (Lipinski definition) is 4. The summed E-state index contributed by atoms with van der Waals surface area (Å²) in [5.74, 6) is 0.187. The van der Waals surface area contributed by atoms with Gasteiger partial charge in [0.25, 0.3) is 0 Å². The molecule has 3 rings (SSSR count). The van der Waals surface area contributed by atoms with E-state index in [1.165, 1.54) is 0 Å². The van der Waals surface area contributed by atoms with Gasteiger partial charge in [-0.15, -0.1) is 0 Å². The maximum Gasteiger partial charge on any atom is 0.156 e. The average molecular weight is 402 g/mol. The van der Waals surface area contributed by atoms with Gasteiger partial charge in [-0.05, 0) is 34.1 Å². The summed E-state index contributed by atoms with van der Waals surface area (Å²) in [4.78, 5) is 6.91. The van der Waals surface area contributed by atoms with Gasteiger partial charge in [0.05, 0.1) is 23.4 Å². The summed E-state index contributed by atoms with van der Waals surface area (Å²) < 4.78 is 6.91. The second-order valence-electron chi connectivity index (χ2n) is 4.78. The van der Waals surface area contributed by atoms with E-state index >= 15 is 0 Å². The van der Waals surface area contributed by atoms with E-state index in [-0.39, 0.29) is 5.75 Å². The second kappa shape index (κ2) is 5.97. The summed E-state index contributed by atoms with van der Waals surface area (Å²) in [6, 6.07) is 5.84. The molecule has 106 valence electrons. The molecule has 1 aromatic carbocycles. The van der Waals surface area contributed by atoms with Crippen LogP contribution < -0.4 is 0 Å². The second-order valence-corrected chi connectivity index (χ2v) is 6.48. The largest absolute Gasteiger partial charge is 0.505 e. The van der Waals surface area contributed by atoms with E-state index in [9.17, 15) is 5.11 Å². The molecule has 0 unspecified atom stereocenters. The van der Waals surface area contributed by atoms with Crippen LogP contribution in [0.3, 0.4) is 0 Å². The molecular formula is C14H14Br2N2O2. The first kappa shape index (κ1) is 14.3. The Hall–Kier alpha value is -0.690. The molecule has 0 atom stereocenters. The molecule has 4 nitrogen and oxygen atoms in total. The number of benzene rings is 1. The van der Waals surface area contributed by atoms with Gasteiger partial charge in [-0.3, -0.25) is 4.90 Å². The summed E-state index contributed by atoms with van der Waals surface area (Å²) in [6.07, 6.45) is 0. The van der Waals surface area contributed by atoms with Crippen LogP contribution in [0.4, 0.5) is 0 Å². The van der Waals surface area contributed by atoms with Crippen LogP contribution in [0.1, 0.15) is 5.69 Å². The van der Waals surface area contributed by atoms with Gasteiger partial charge in [0.1, 0.15) is 5.52 Å². The lowest BCUT2D eigenvalue weighted by molar-refractivity contribution is 0.0337. The molecule has 0 aliphatic carbocycles. The molecule has 0 saturated carbocycles. The SMILES string of the molecule is Oc1c(Br)cc(Br)c2ccc(CN3CCOCC3)nc12. The van der Waals surface area contributed by atoms with Gasteiger partial charge in [-0.1, -0.05) is 15.9 Å². The number of morpholine rings is 1. The number of nitrogens with zero attached hydrogens (tertiary/aromatic N) is 2. The van der Waals surface area contributed by atoms with E-state index in [0.29, 0.717) is 9.99 Å². The minimum absolute atomic E-state index is 0.187. The summed E-state index contributed by atoms with van der Waals surface area (Å²) in [5.41, 5.74) is 1.58. The zero-order valence-corrected chi connectivity index (χ0v) is 13.9. The lowest BCUT2D eigenvalue weighted by Gasteiger charge is -2.26. The number of halogens is 2. The van der Waals surface area contributed by atoms with E-state index in [0.717, 1.165) is 48.4 Å². The van der Waals surface area contributed by atoms with Crippen molar-refractivity contribution in [1.29, 1.82) is 0 Å². The molecule has 6 heteroatoms. The van der Waals surface area contributed by atoms with Crippen molar-refractivity contribution in [1.82, 2.24) is 9.88 Å². The summed E-state index contributed by atoms with van der Waals surface area (Å²) in [7, 11) is 0. The first-order valence-electron chi connectivity index (χ1n) is 6.42. The number of phenolic OH excluding ortho intramolecular Hbond substituents is 1. The van der Waals surface area contributed by atoms with Crippen molar-refractivity contribution < 1.29 is 9.84 Å². The van der Waals surface area contributed by atoms with E-state index in [2.05, 4.69) is 41.7 Å². The molecule has 1 aliphatic rings. The minimum atomic E-state index is 0.187. The summed E-state index contributed by atoms with van der Waals surface area (Å²) in [5, 5.41) is 11.1. The average Bonchev–Trinajstić information content (AvgIpc) is 2.46. The highest BCUT2D eigenvalue weighted by Gasteiger charge is 2.14. The molecule has 1 aliphatic heterocycles. The van der Waals surface area contributed by atoms with Crippen LogP contribution in [0.5, 0.6) is 5.75 Å². The van der Waals surface area contributed by atoms with Crippen molar-refractivity contribution in [2.45, 2.75) is 6.54 Å². The molecule has 0 spiro atoms. The molecule has 1 aromatic heterocycles. The zero-order valence-electron chi connectivity index (χ0n) is 10.8. The highest BCUT2D eigenvalue weighted by atomic mass is 79.9. The Kier molecular flexibility index (Phi) is 4.26. The molecule has 1 N–H and O–H groups in total. The number of rotatable bonds is 2. The standard InChI is InChI=1S/C14H14Br2N2O2/c15-11-7-12(16)14(19)13-10(11)2-1-9(17-13)8-18-3-5-20-6-4-18/h1-2,7,19H,3-6,8H2. The van der Waals surface area contributed by atoms with E-state index < -0.39 is 0 Å². The topological polar surface area (TPSA) is 45.6 Å². The fourth-order valence-electron chi connectivity index (χ4n) is 2.32. The molecule has 1 fully saturated rings. The Balaban J connectivity index is 1.95. The Labute approximate surface area is 134 Å². The maximum absolute atomic E-state index is 10.1. The van der Waals surface area contributed by atoms with Crippen LogP contribution >= 0.6 is 31.9 Å². The van der Waals surface area contributed by atoms with E-state index in [1.54, 1.807) is 0 Å². The Morgan fingerprint density at radius 3 is 2.70 bits per heavy atom. The third kappa shape index (κ3) is 2.83. The van der Waals surface area contributed by atoms with Crippen LogP contribution in [-0.2, 0) is 11.3 Å². The molecule has 2 heterocycles. The van der Waals surface area contributed by atoms with Crippen LogP contribution in [0.15, 0.2) is 27.1 Å². The van der Waals surface area contributed by atoms with E-state index in [1.807, 2.05) is 18.2 Å². The van der Waals surface area contributed by atoms with Crippen LogP contribution in [0.2, 0.25) is 0 Å². The molecule has 2 aromatic rings. The van der Waals surface area contributed by atoms with Gasteiger partial charge in [0.15, 0.2) is 5.75 Å². The van der Waals surface area contributed by atoms with E-state index in [4.69, 9.17) is 4.74 Å². The highest BCUT2D eigenvalue weighted by molar-refractivity contribution is 9.11. The molecule has 0 amide bonds. The lowest BCUT2D eigenvalue weighted by atomic mass is 10.2. The Morgan fingerprint density at radius 1 is 1.20 bits per heavy atom. The third-order valence-corrected chi connectivity index (χ3v) is 4.66. The number of ether oxygens (including phenoxy) is 1. The van der Waals surface area contributed by atoms with Gasteiger partial charge < -0.3 is 9.84 Å². The fourth-order valence-corrected chi connectivity index (χ4v) is 3.59. The Morgan fingerprint density at radius 2 is 1.95 bits per heavy atom. The first-order chi connectivity index (χ1) is 9.65. The van der Waals surface area contributed by atoms with Crippen LogP contribution in [0, 0.1) is 0 Å². The number of pyridine rings is 1. The molecule has 0 bridgehead atoms. The number of fused-ring (bicyclic) bond motifs is 1. The first-order valence-corrected chi connectivity index (χ1v) is 8.00. The molecule has 20 heavy (non-hydrogen) atoms. The van der Waals surface area contributed by atoms with Gasteiger partial charge in [0, 0.05) is 29.5 Å². The van der Waals surface area contributed by atoms with Crippen molar-refractivity contribution in [2.24, 2.45) is 0 Å². The number of hydrogen-bond donors (Lipinski definition) is 1.